The summed E-state index contributed by atoms with van der Waals surface area (Å²) in [6.07, 6.45) is 6.15. The van der Waals surface area contributed by atoms with Crippen LogP contribution in [0.5, 0.6) is 0 Å². The maximum atomic E-state index is 12.3. The van der Waals surface area contributed by atoms with Crippen molar-refractivity contribution in [2.75, 3.05) is 13.1 Å². The van der Waals surface area contributed by atoms with Gasteiger partial charge < -0.3 is 22.3 Å². The molecule has 0 atom stereocenters. The van der Waals surface area contributed by atoms with Crippen molar-refractivity contribution < 1.29 is 12.4 Å². The first-order chi connectivity index (χ1) is 11.1. The first-order valence-corrected chi connectivity index (χ1v) is 7.97. The zero-order valence-electron chi connectivity index (χ0n) is 14.0. The molecule has 0 radical (unpaired) electrons. The Hall–Kier alpha value is -2.09. The van der Waals surface area contributed by atoms with Crippen LogP contribution in [0.4, 0.5) is 0 Å². The van der Waals surface area contributed by atoms with Crippen LogP contribution in [0, 0.1) is 0 Å². The Balaban J connectivity index is 0.00000208. The Labute approximate surface area is 145 Å². The third-order valence-electron chi connectivity index (χ3n) is 4.27. The average molecular weight is 354 g/mol. The van der Waals surface area contributed by atoms with Crippen LogP contribution in [-0.4, -0.2) is 37.6 Å². The van der Waals surface area contributed by atoms with Crippen LogP contribution in [0.1, 0.15) is 25.7 Å². The van der Waals surface area contributed by atoms with Crippen LogP contribution in [0.2, 0.25) is 0 Å². The molecule has 3 heterocycles. The van der Waals surface area contributed by atoms with Crippen molar-refractivity contribution in [1.82, 2.24) is 24.0 Å². The lowest BCUT2D eigenvalue weighted by Gasteiger charge is -2.10. The highest BCUT2D eigenvalue weighted by Crippen LogP contribution is 2.07. The molecule has 0 spiro atoms. The molecule has 1 aliphatic rings. The van der Waals surface area contributed by atoms with Crippen LogP contribution in [-0.2, 0) is 20.6 Å². The van der Waals surface area contributed by atoms with Gasteiger partial charge >= 0.3 is 5.69 Å². The zero-order valence-corrected chi connectivity index (χ0v) is 14.7. The topological polar surface area (TPSA) is 86.2 Å². The Morgan fingerprint density at radius 3 is 2.75 bits per heavy atom. The molecule has 0 aromatic carbocycles. The molecular formula is C15H22ClN6O2-. The highest BCUT2D eigenvalue weighted by molar-refractivity contribution is 5.82. The summed E-state index contributed by atoms with van der Waals surface area (Å²) in [5, 5.41) is 3.35. The van der Waals surface area contributed by atoms with Crippen molar-refractivity contribution in [3.8, 4) is 0 Å². The minimum absolute atomic E-state index is 0. The van der Waals surface area contributed by atoms with Crippen LogP contribution in [0.3, 0.4) is 0 Å². The molecule has 3 rings (SSSR count). The summed E-state index contributed by atoms with van der Waals surface area (Å²) in [4.78, 5) is 33.0. The number of hydrogen-bond acceptors (Lipinski definition) is 5. The first-order valence-electron chi connectivity index (χ1n) is 7.97. The van der Waals surface area contributed by atoms with Gasteiger partial charge in [-0.15, -0.1) is 0 Å². The Morgan fingerprint density at radius 1 is 1.17 bits per heavy atom. The highest BCUT2D eigenvalue weighted by atomic mass is 35.5. The molecule has 132 valence electrons. The number of imidazole rings is 1. The van der Waals surface area contributed by atoms with E-state index in [1.54, 1.807) is 17.9 Å². The lowest BCUT2D eigenvalue weighted by atomic mass is 10.2. The van der Waals surface area contributed by atoms with E-state index >= 15 is 0 Å². The molecule has 0 saturated carbocycles. The smallest absolute Gasteiger partial charge is 0.332 e. The Kier molecular flexibility index (Phi) is 5.82. The zero-order chi connectivity index (χ0) is 16.4. The Morgan fingerprint density at radius 2 is 1.96 bits per heavy atom. The van der Waals surface area contributed by atoms with Gasteiger partial charge in [-0.1, -0.05) is 6.42 Å². The molecule has 1 N–H and O–H groups in total. The second kappa shape index (κ2) is 7.65. The molecule has 24 heavy (non-hydrogen) atoms. The summed E-state index contributed by atoms with van der Waals surface area (Å²) in [5.74, 6) is 1.05. The van der Waals surface area contributed by atoms with Gasteiger partial charge in [0, 0.05) is 40.2 Å². The first kappa shape index (κ1) is 18.3. The predicted molar refractivity (Wildman–Crippen MR) is 89.0 cm³/mol. The lowest BCUT2D eigenvalue weighted by Crippen LogP contribution is -3.00. The molecule has 0 saturated heterocycles. The van der Waals surface area contributed by atoms with Gasteiger partial charge in [-0.25, -0.2) is 9.78 Å². The number of fused-ring (bicyclic) bond motifs is 1. The van der Waals surface area contributed by atoms with Gasteiger partial charge in [0.05, 0.1) is 12.2 Å². The summed E-state index contributed by atoms with van der Waals surface area (Å²) < 4.78 is 4.31. The van der Waals surface area contributed by atoms with Crippen molar-refractivity contribution in [3.63, 3.8) is 0 Å². The van der Waals surface area contributed by atoms with Gasteiger partial charge in [0.15, 0.2) is 11.2 Å². The van der Waals surface area contributed by atoms with Crippen LogP contribution in [0.25, 0.3) is 11.2 Å². The fraction of sp³-hybridized carbons (Fsp3) is 0.600. The molecule has 0 fully saturated rings. The Bertz CT molecular complexity index is 863. The summed E-state index contributed by atoms with van der Waals surface area (Å²) in [7, 11) is 3.11. The molecule has 1 aliphatic heterocycles. The molecule has 0 bridgehead atoms. The van der Waals surface area contributed by atoms with Gasteiger partial charge in [0.1, 0.15) is 0 Å². The van der Waals surface area contributed by atoms with E-state index in [0.717, 1.165) is 29.8 Å². The van der Waals surface area contributed by atoms with Gasteiger partial charge in [-0.3, -0.25) is 18.9 Å². The number of aliphatic imine (C=N–C) groups is 1. The number of aromatic nitrogens is 4. The minimum atomic E-state index is -0.362. The van der Waals surface area contributed by atoms with Crippen molar-refractivity contribution in [3.05, 3.63) is 27.2 Å². The summed E-state index contributed by atoms with van der Waals surface area (Å²) in [5.41, 5.74) is 0.204. The number of hydrogen-bond donors (Lipinski definition) is 1. The van der Waals surface area contributed by atoms with Gasteiger partial charge in [-0.05, 0) is 12.8 Å². The normalized spacial score (nSPS) is 14.8. The monoisotopic (exact) mass is 353 g/mol. The third-order valence-corrected chi connectivity index (χ3v) is 4.27. The van der Waals surface area contributed by atoms with E-state index in [1.165, 1.54) is 24.5 Å². The van der Waals surface area contributed by atoms with E-state index in [2.05, 4.69) is 15.3 Å². The fourth-order valence-electron chi connectivity index (χ4n) is 2.91. The van der Waals surface area contributed by atoms with Crippen molar-refractivity contribution >= 4 is 17.0 Å². The third kappa shape index (κ3) is 3.38. The average Bonchev–Trinajstić information content (AvgIpc) is 2.79. The fourth-order valence-corrected chi connectivity index (χ4v) is 2.91. The predicted octanol–water partition coefficient (Wildman–Crippen LogP) is -3.00. The molecule has 0 aliphatic carbocycles. The van der Waals surface area contributed by atoms with E-state index < -0.39 is 0 Å². The van der Waals surface area contributed by atoms with E-state index in [-0.39, 0.29) is 23.7 Å². The lowest BCUT2D eigenvalue weighted by molar-refractivity contribution is -0.00000517. The standard InChI is InChI=1S/C15H22N6O2.ClH/c1-19-13-12(14(22)20(2)15(19)23)21(10-18-13)9-8-17-11-6-4-3-5-7-16-11;/h10H,3-9H2,1-2H3,(H,16,17);1H/p-1. The largest absolute Gasteiger partial charge is 1.00 e. The second-order valence-corrected chi connectivity index (χ2v) is 5.88. The van der Waals surface area contributed by atoms with Crippen LogP contribution < -0.4 is 29.0 Å². The summed E-state index contributed by atoms with van der Waals surface area (Å²) in [6, 6.07) is 0. The number of halogens is 1. The highest BCUT2D eigenvalue weighted by Gasteiger charge is 2.14. The molecular weight excluding hydrogens is 332 g/mol. The number of amidine groups is 1. The van der Waals surface area contributed by atoms with Gasteiger partial charge in [0.2, 0.25) is 0 Å². The number of nitrogens with one attached hydrogen (secondary N) is 1. The van der Waals surface area contributed by atoms with Gasteiger partial charge in [0.25, 0.3) is 5.56 Å². The quantitative estimate of drug-likeness (QED) is 0.637. The number of aryl methyl sites for hydroxylation is 1. The maximum Gasteiger partial charge on any atom is 0.332 e. The van der Waals surface area contributed by atoms with E-state index in [0.29, 0.717) is 24.3 Å². The molecule has 2 aromatic heterocycles. The molecule has 0 amide bonds. The molecule has 9 heteroatoms. The van der Waals surface area contributed by atoms with Crippen LogP contribution in [0.15, 0.2) is 20.9 Å². The van der Waals surface area contributed by atoms with Crippen LogP contribution >= 0.6 is 0 Å². The maximum absolute atomic E-state index is 12.3. The SMILES string of the molecule is Cn1c(=O)c2c(ncn2CCNC2=NCCCCC2)n(C)c1=O.[Cl-]. The minimum Gasteiger partial charge on any atom is -1.00 e. The molecule has 2 aromatic rings. The summed E-state index contributed by atoms with van der Waals surface area (Å²) >= 11 is 0. The second-order valence-electron chi connectivity index (χ2n) is 5.88. The van der Waals surface area contributed by atoms with Crippen molar-refractivity contribution in [2.24, 2.45) is 19.1 Å². The van der Waals surface area contributed by atoms with E-state index in [4.69, 9.17) is 0 Å². The van der Waals surface area contributed by atoms with Gasteiger partial charge in [-0.2, -0.15) is 0 Å². The van der Waals surface area contributed by atoms with E-state index in [1.807, 2.05) is 0 Å². The molecule has 8 nitrogen and oxygen atoms in total. The van der Waals surface area contributed by atoms with Crippen molar-refractivity contribution in [2.45, 2.75) is 32.2 Å². The summed E-state index contributed by atoms with van der Waals surface area (Å²) in [6.45, 7) is 2.16. The van der Waals surface area contributed by atoms with E-state index in [9.17, 15) is 9.59 Å². The number of rotatable bonds is 3. The number of nitrogens with zero attached hydrogens (tertiary/aromatic N) is 5. The van der Waals surface area contributed by atoms with Crippen molar-refractivity contribution in [1.29, 1.82) is 0 Å². The molecule has 0 unspecified atom stereocenters.